The molecule has 3 heteroatoms. The zero-order valence-electron chi connectivity index (χ0n) is 10.4. The number of halogens is 1. The Hall–Kier alpha value is -0.860. The van der Waals surface area contributed by atoms with E-state index in [-0.39, 0.29) is 5.57 Å². The molecule has 0 atom stereocenters. The first kappa shape index (κ1) is 15.1. The summed E-state index contributed by atoms with van der Waals surface area (Å²) in [5.41, 5.74) is 0.164. The van der Waals surface area contributed by atoms with Crippen molar-refractivity contribution in [3.63, 3.8) is 0 Å². The highest BCUT2D eigenvalue weighted by molar-refractivity contribution is 5.88. The van der Waals surface area contributed by atoms with Crippen LogP contribution in [0.3, 0.4) is 0 Å². The molecular formula is C13H23FO2. The first-order valence-electron chi connectivity index (χ1n) is 6.22. The SMILES string of the molecule is CCCCCCCC/C(=C\F)C(=O)OCC. The zero-order valence-corrected chi connectivity index (χ0v) is 10.4. The fourth-order valence-corrected chi connectivity index (χ4v) is 1.52. The van der Waals surface area contributed by atoms with Crippen molar-refractivity contribution in [1.29, 1.82) is 0 Å². The Morgan fingerprint density at radius 3 is 2.31 bits per heavy atom. The second kappa shape index (κ2) is 10.7. The Kier molecular flexibility index (Phi) is 10.1. The first-order valence-corrected chi connectivity index (χ1v) is 6.22. The predicted molar refractivity (Wildman–Crippen MR) is 63.8 cm³/mol. The highest BCUT2D eigenvalue weighted by Gasteiger charge is 2.09. The number of carbonyl (C=O) groups excluding carboxylic acids is 1. The maximum absolute atomic E-state index is 12.4. The zero-order chi connectivity index (χ0) is 12.2. The van der Waals surface area contributed by atoms with E-state index in [0.29, 0.717) is 19.4 Å². The molecule has 0 aromatic carbocycles. The largest absolute Gasteiger partial charge is 0.463 e. The van der Waals surface area contributed by atoms with Crippen LogP contribution in [0.4, 0.5) is 4.39 Å². The Morgan fingerprint density at radius 1 is 1.12 bits per heavy atom. The van der Waals surface area contributed by atoms with E-state index in [1.807, 2.05) is 0 Å². The highest BCUT2D eigenvalue weighted by Crippen LogP contribution is 2.13. The second-order valence-electron chi connectivity index (χ2n) is 3.87. The lowest BCUT2D eigenvalue weighted by Crippen LogP contribution is -2.07. The van der Waals surface area contributed by atoms with Gasteiger partial charge in [0, 0.05) is 0 Å². The fraction of sp³-hybridized carbons (Fsp3) is 0.769. The van der Waals surface area contributed by atoms with Crippen LogP contribution in [0.2, 0.25) is 0 Å². The molecular weight excluding hydrogens is 207 g/mol. The summed E-state index contributed by atoms with van der Waals surface area (Å²) in [6.07, 6.45) is 7.64. The van der Waals surface area contributed by atoms with Gasteiger partial charge in [-0.3, -0.25) is 0 Å². The van der Waals surface area contributed by atoms with Crippen molar-refractivity contribution in [3.8, 4) is 0 Å². The normalized spacial score (nSPS) is 11.6. The number of ether oxygens (including phenoxy) is 1. The van der Waals surface area contributed by atoms with Crippen molar-refractivity contribution < 1.29 is 13.9 Å². The molecule has 0 saturated heterocycles. The first-order chi connectivity index (χ1) is 7.76. The molecule has 0 aliphatic heterocycles. The lowest BCUT2D eigenvalue weighted by atomic mass is 10.1. The van der Waals surface area contributed by atoms with Crippen molar-refractivity contribution in [2.75, 3.05) is 6.61 Å². The van der Waals surface area contributed by atoms with E-state index in [4.69, 9.17) is 4.74 Å². The van der Waals surface area contributed by atoms with Gasteiger partial charge in [0.05, 0.1) is 18.5 Å². The van der Waals surface area contributed by atoms with Gasteiger partial charge < -0.3 is 4.74 Å². The van der Waals surface area contributed by atoms with E-state index in [2.05, 4.69) is 6.92 Å². The van der Waals surface area contributed by atoms with Crippen LogP contribution in [-0.4, -0.2) is 12.6 Å². The number of hydrogen-bond donors (Lipinski definition) is 0. The average Bonchev–Trinajstić information content (AvgIpc) is 2.28. The quantitative estimate of drug-likeness (QED) is 0.338. The maximum Gasteiger partial charge on any atom is 0.336 e. The average molecular weight is 230 g/mol. The Balaban J connectivity index is 3.60. The van der Waals surface area contributed by atoms with Gasteiger partial charge in [-0.15, -0.1) is 0 Å². The van der Waals surface area contributed by atoms with E-state index in [1.165, 1.54) is 19.3 Å². The second-order valence-corrected chi connectivity index (χ2v) is 3.87. The Bertz CT molecular complexity index is 212. The van der Waals surface area contributed by atoms with Gasteiger partial charge in [-0.25, -0.2) is 9.18 Å². The third kappa shape index (κ3) is 7.43. The van der Waals surface area contributed by atoms with Crippen LogP contribution in [-0.2, 0) is 9.53 Å². The molecule has 0 saturated carbocycles. The van der Waals surface area contributed by atoms with Gasteiger partial charge in [0.25, 0.3) is 0 Å². The molecule has 0 aromatic rings. The summed E-state index contributed by atoms with van der Waals surface area (Å²) in [5, 5.41) is 0. The molecule has 0 aromatic heterocycles. The van der Waals surface area contributed by atoms with Crippen LogP contribution >= 0.6 is 0 Å². The van der Waals surface area contributed by atoms with Crippen LogP contribution in [0.5, 0.6) is 0 Å². The molecule has 0 amide bonds. The van der Waals surface area contributed by atoms with Crippen molar-refractivity contribution in [2.24, 2.45) is 0 Å². The lowest BCUT2D eigenvalue weighted by Gasteiger charge is -2.05. The third-order valence-corrected chi connectivity index (χ3v) is 2.47. The molecule has 94 valence electrons. The van der Waals surface area contributed by atoms with Crippen LogP contribution < -0.4 is 0 Å². The summed E-state index contributed by atoms with van der Waals surface area (Å²) in [7, 11) is 0. The van der Waals surface area contributed by atoms with Crippen molar-refractivity contribution in [1.82, 2.24) is 0 Å². The minimum atomic E-state index is -0.515. The van der Waals surface area contributed by atoms with Crippen LogP contribution in [0, 0.1) is 0 Å². The van der Waals surface area contributed by atoms with Crippen molar-refractivity contribution >= 4 is 5.97 Å². The predicted octanol–water partition coefficient (Wildman–Crippen LogP) is 4.15. The number of carbonyl (C=O) groups is 1. The number of esters is 1. The molecule has 0 heterocycles. The van der Waals surface area contributed by atoms with E-state index >= 15 is 0 Å². The number of rotatable bonds is 9. The van der Waals surface area contributed by atoms with Crippen LogP contribution in [0.15, 0.2) is 11.9 Å². The Labute approximate surface area is 97.9 Å². The molecule has 0 fully saturated rings. The fourth-order valence-electron chi connectivity index (χ4n) is 1.52. The summed E-state index contributed by atoms with van der Waals surface area (Å²) in [5.74, 6) is -0.515. The molecule has 0 N–H and O–H groups in total. The molecule has 16 heavy (non-hydrogen) atoms. The summed E-state index contributed by atoms with van der Waals surface area (Å²) >= 11 is 0. The van der Waals surface area contributed by atoms with Gasteiger partial charge in [-0.2, -0.15) is 0 Å². The van der Waals surface area contributed by atoms with Gasteiger partial charge >= 0.3 is 5.97 Å². The molecule has 0 spiro atoms. The molecule has 0 radical (unpaired) electrons. The van der Waals surface area contributed by atoms with Crippen molar-refractivity contribution in [2.45, 2.75) is 58.8 Å². The van der Waals surface area contributed by atoms with E-state index < -0.39 is 5.97 Å². The molecule has 2 nitrogen and oxygen atoms in total. The number of hydrogen-bond acceptors (Lipinski definition) is 2. The van der Waals surface area contributed by atoms with Crippen LogP contribution in [0.25, 0.3) is 0 Å². The number of unbranched alkanes of at least 4 members (excludes halogenated alkanes) is 5. The summed E-state index contributed by atoms with van der Waals surface area (Å²) in [6, 6.07) is 0. The molecule has 0 rings (SSSR count). The topological polar surface area (TPSA) is 26.3 Å². The summed E-state index contributed by atoms with van der Waals surface area (Å²) in [4.78, 5) is 11.2. The monoisotopic (exact) mass is 230 g/mol. The summed E-state index contributed by atoms with van der Waals surface area (Å²) in [6.45, 7) is 4.19. The smallest absolute Gasteiger partial charge is 0.336 e. The van der Waals surface area contributed by atoms with Gasteiger partial charge in [0.15, 0.2) is 0 Å². The minimum Gasteiger partial charge on any atom is -0.463 e. The van der Waals surface area contributed by atoms with Gasteiger partial charge in [-0.05, 0) is 19.8 Å². The maximum atomic E-state index is 12.4. The standard InChI is InChI=1S/C13H23FO2/c1-3-5-6-7-8-9-10-12(11-14)13(15)16-4-2/h11H,3-10H2,1-2H3/b12-11+. The lowest BCUT2D eigenvalue weighted by molar-refractivity contribution is -0.138. The van der Waals surface area contributed by atoms with Gasteiger partial charge in [0.1, 0.15) is 0 Å². The van der Waals surface area contributed by atoms with E-state index in [0.717, 1.165) is 19.3 Å². The highest BCUT2D eigenvalue weighted by atomic mass is 19.1. The van der Waals surface area contributed by atoms with E-state index in [9.17, 15) is 9.18 Å². The molecule has 0 aliphatic rings. The summed E-state index contributed by atoms with van der Waals surface area (Å²) < 4.78 is 17.1. The minimum absolute atomic E-state index is 0.164. The molecule has 0 unspecified atom stereocenters. The molecule has 0 aliphatic carbocycles. The van der Waals surface area contributed by atoms with E-state index in [1.54, 1.807) is 6.92 Å². The third-order valence-electron chi connectivity index (χ3n) is 2.47. The van der Waals surface area contributed by atoms with Gasteiger partial charge in [0.2, 0.25) is 0 Å². The molecule has 0 bridgehead atoms. The van der Waals surface area contributed by atoms with Crippen molar-refractivity contribution in [3.05, 3.63) is 11.9 Å². The van der Waals surface area contributed by atoms with Crippen LogP contribution in [0.1, 0.15) is 58.8 Å². The Morgan fingerprint density at radius 2 is 1.75 bits per heavy atom. The van der Waals surface area contributed by atoms with Gasteiger partial charge in [-0.1, -0.05) is 39.0 Å².